The molecule has 0 bridgehead atoms. The first-order valence-corrected chi connectivity index (χ1v) is 6.72. The van der Waals surface area contributed by atoms with E-state index < -0.39 is 17.9 Å². The van der Waals surface area contributed by atoms with Gasteiger partial charge in [0, 0.05) is 18.0 Å². The quantitative estimate of drug-likeness (QED) is 0.853. The number of rotatable bonds is 3. The molecule has 1 aromatic carbocycles. The fourth-order valence-corrected chi connectivity index (χ4v) is 2.60. The summed E-state index contributed by atoms with van der Waals surface area (Å²) >= 11 is 0. The zero-order valence-electron chi connectivity index (χ0n) is 12.4. The van der Waals surface area contributed by atoms with Gasteiger partial charge in [0.25, 0.3) is 0 Å². The normalized spacial score (nSPS) is 21.0. The summed E-state index contributed by atoms with van der Waals surface area (Å²) in [4.78, 5) is 35.2. The molecule has 0 spiro atoms. The highest BCUT2D eigenvalue weighted by Crippen LogP contribution is 2.35. The van der Waals surface area contributed by atoms with Crippen molar-refractivity contribution in [1.29, 1.82) is 0 Å². The smallest absolute Gasteiger partial charge is 0.337 e. The Labute approximate surface area is 128 Å². The molecule has 2 unspecified atom stereocenters. The second kappa shape index (κ2) is 6.43. The highest BCUT2D eigenvalue weighted by molar-refractivity contribution is 5.89. The molecule has 0 aliphatic carbocycles. The summed E-state index contributed by atoms with van der Waals surface area (Å²) in [7, 11) is 2.60. The lowest BCUT2D eigenvalue weighted by atomic mass is 9.79. The fourth-order valence-electron chi connectivity index (χ4n) is 2.60. The molecule has 1 aromatic rings. The van der Waals surface area contributed by atoms with Crippen LogP contribution in [-0.4, -0.2) is 32.1 Å². The summed E-state index contributed by atoms with van der Waals surface area (Å²) in [6, 6.07) is 6.62. The average Bonchev–Trinajstić information content (AvgIpc) is 2.53. The van der Waals surface area contributed by atoms with Crippen LogP contribution in [0.5, 0.6) is 0 Å². The molecule has 1 amide bonds. The van der Waals surface area contributed by atoms with Gasteiger partial charge < -0.3 is 14.8 Å². The molecule has 1 aliphatic heterocycles. The second-order valence-corrected chi connectivity index (χ2v) is 5.00. The average molecular weight is 303 g/mol. The Kier molecular flexibility index (Phi) is 4.60. The first-order chi connectivity index (χ1) is 10.5. The molecular formula is C16H17NO5. The number of ether oxygens (including phenoxy) is 2. The summed E-state index contributed by atoms with van der Waals surface area (Å²) < 4.78 is 9.44. The van der Waals surface area contributed by atoms with Gasteiger partial charge in [-0.05, 0) is 17.7 Å². The first kappa shape index (κ1) is 15.8. The lowest BCUT2D eigenvalue weighted by molar-refractivity contribution is -0.146. The molecule has 2 rings (SSSR count). The van der Waals surface area contributed by atoms with Gasteiger partial charge in [0.2, 0.25) is 5.91 Å². The summed E-state index contributed by atoms with van der Waals surface area (Å²) in [5.41, 5.74) is 1.49. The van der Waals surface area contributed by atoms with E-state index in [0.29, 0.717) is 11.3 Å². The van der Waals surface area contributed by atoms with E-state index in [9.17, 15) is 14.4 Å². The number of methoxy groups -OCH3 is 2. The lowest BCUT2D eigenvalue weighted by Gasteiger charge is -2.31. The Morgan fingerprint density at radius 1 is 1.18 bits per heavy atom. The maximum atomic E-state index is 12.0. The number of hydrogen-bond donors (Lipinski definition) is 1. The van der Waals surface area contributed by atoms with Crippen molar-refractivity contribution in [2.75, 3.05) is 14.2 Å². The highest BCUT2D eigenvalue weighted by Gasteiger charge is 2.38. The van der Waals surface area contributed by atoms with Crippen LogP contribution in [0.1, 0.15) is 28.3 Å². The fraction of sp³-hybridized carbons (Fsp3) is 0.312. The monoisotopic (exact) mass is 303 g/mol. The van der Waals surface area contributed by atoms with Crippen molar-refractivity contribution in [1.82, 2.24) is 5.32 Å². The third kappa shape index (κ3) is 3.00. The van der Waals surface area contributed by atoms with Gasteiger partial charge in [-0.2, -0.15) is 0 Å². The molecule has 2 atom stereocenters. The Morgan fingerprint density at radius 2 is 1.82 bits per heavy atom. The molecule has 6 nitrogen and oxygen atoms in total. The van der Waals surface area contributed by atoms with Crippen LogP contribution in [0.25, 0.3) is 0 Å². The van der Waals surface area contributed by atoms with E-state index >= 15 is 0 Å². The molecule has 6 heteroatoms. The van der Waals surface area contributed by atoms with Gasteiger partial charge >= 0.3 is 11.9 Å². The topological polar surface area (TPSA) is 81.7 Å². The summed E-state index contributed by atoms with van der Waals surface area (Å²) in [5, 5.41) is 2.57. The Hall–Kier alpha value is -2.63. The molecule has 0 aromatic heterocycles. The molecule has 1 heterocycles. The van der Waals surface area contributed by atoms with E-state index in [2.05, 4.69) is 16.6 Å². The van der Waals surface area contributed by atoms with Gasteiger partial charge in [-0.15, -0.1) is 0 Å². The third-order valence-corrected chi connectivity index (χ3v) is 3.70. The van der Waals surface area contributed by atoms with Crippen LogP contribution in [0.3, 0.4) is 0 Å². The number of amides is 1. The molecule has 0 radical (unpaired) electrons. The SMILES string of the molecule is C=C1NC(=O)CC(c2ccc(C(=O)OC)cc2)C1C(=O)OC. The number of esters is 2. The van der Waals surface area contributed by atoms with Crippen LogP contribution in [0.15, 0.2) is 36.5 Å². The van der Waals surface area contributed by atoms with Crippen LogP contribution in [0.4, 0.5) is 0 Å². The highest BCUT2D eigenvalue weighted by atomic mass is 16.5. The molecular weight excluding hydrogens is 286 g/mol. The minimum atomic E-state index is -0.647. The minimum Gasteiger partial charge on any atom is -0.468 e. The van der Waals surface area contributed by atoms with Crippen molar-refractivity contribution in [3.8, 4) is 0 Å². The molecule has 1 N–H and O–H groups in total. The van der Waals surface area contributed by atoms with Crippen LogP contribution < -0.4 is 5.32 Å². The molecule has 0 saturated carbocycles. The standard InChI is InChI=1S/C16H17NO5/c1-9-14(16(20)22-3)12(8-13(18)17-9)10-4-6-11(7-5-10)15(19)21-2/h4-7,12,14H,1,8H2,2-3H3,(H,17,18). The summed E-state index contributed by atoms with van der Waals surface area (Å²) in [6.45, 7) is 3.74. The molecule has 22 heavy (non-hydrogen) atoms. The maximum absolute atomic E-state index is 12.0. The van der Waals surface area contributed by atoms with Crippen LogP contribution >= 0.6 is 0 Å². The third-order valence-electron chi connectivity index (χ3n) is 3.70. The zero-order valence-corrected chi connectivity index (χ0v) is 12.4. The van der Waals surface area contributed by atoms with E-state index in [1.165, 1.54) is 14.2 Å². The second-order valence-electron chi connectivity index (χ2n) is 5.00. The number of carbonyl (C=O) groups excluding carboxylic acids is 3. The van der Waals surface area contributed by atoms with Crippen molar-refractivity contribution in [3.05, 3.63) is 47.7 Å². The van der Waals surface area contributed by atoms with E-state index in [-0.39, 0.29) is 18.2 Å². The largest absolute Gasteiger partial charge is 0.468 e. The zero-order chi connectivity index (χ0) is 16.3. The summed E-state index contributed by atoms with van der Waals surface area (Å²) in [6.07, 6.45) is 0.149. The number of hydrogen-bond acceptors (Lipinski definition) is 5. The first-order valence-electron chi connectivity index (χ1n) is 6.72. The van der Waals surface area contributed by atoms with E-state index in [4.69, 9.17) is 4.74 Å². The number of carbonyl (C=O) groups is 3. The number of benzene rings is 1. The molecule has 1 aliphatic rings. The minimum absolute atomic E-state index is 0.149. The van der Waals surface area contributed by atoms with E-state index in [1.54, 1.807) is 24.3 Å². The van der Waals surface area contributed by atoms with Crippen molar-refractivity contribution >= 4 is 17.8 Å². The molecule has 116 valence electrons. The van der Waals surface area contributed by atoms with Gasteiger partial charge in [-0.1, -0.05) is 18.7 Å². The Bertz CT molecular complexity index is 620. The Balaban J connectivity index is 2.34. The van der Waals surface area contributed by atoms with Crippen LogP contribution in [0, 0.1) is 5.92 Å². The lowest BCUT2D eigenvalue weighted by Crippen LogP contribution is -2.41. The van der Waals surface area contributed by atoms with Gasteiger partial charge in [0.15, 0.2) is 0 Å². The van der Waals surface area contributed by atoms with Crippen molar-refractivity contribution in [3.63, 3.8) is 0 Å². The van der Waals surface area contributed by atoms with Gasteiger partial charge in [0.1, 0.15) is 5.92 Å². The van der Waals surface area contributed by atoms with Crippen molar-refractivity contribution in [2.45, 2.75) is 12.3 Å². The van der Waals surface area contributed by atoms with E-state index in [0.717, 1.165) is 5.56 Å². The number of nitrogens with one attached hydrogen (secondary N) is 1. The van der Waals surface area contributed by atoms with Gasteiger partial charge in [0.05, 0.1) is 19.8 Å². The van der Waals surface area contributed by atoms with Crippen LogP contribution in [-0.2, 0) is 19.1 Å². The number of piperidine rings is 1. The van der Waals surface area contributed by atoms with Gasteiger partial charge in [-0.3, -0.25) is 9.59 Å². The predicted molar refractivity (Wildman–Crippen MR) is 77.9 cm³/mol. The Morgan fingerprint density at radius 3 is 2.36 bits per heavy atom. The molecule has 1 saturated heterocycles. The predicted octanol–water partition coefficient (Wildman–Crippen LogP) is 1.38. The van der Waals surface area contributed by atoms with Gasteiger partial charge in [-0.25, -0.2) is 4.79 Å². The van der Waals surface area contributed by atoms with Crippen molar-refractivity contribution in [2.24, 2.45) is 5.92 Å². The maximum Gasteiger partial charge on any atom is 0.337 e. The summed E-state index contributed by atoms with van der Waals surface area (Å²) in [5.74, 6) is -2.12. The van der Waals surface area contributed by atoms with E-state index in [1.807, 2.05) is 0 Å². The van der Waals surface area contributed by atoms with Crippen molar-refractivity contribution < 1.29 is 23.9 Å². The molecule has 1 fully saturated rings. The van der Waals surface area contributed by atoms with Crippen LogP contribution in [0.2, 0.25) is 0 Å².